The zero-order valence-electron chi connectivity index (χ0n) is 14.4. The van der Waals surface area contributed by atoms with Crippen molar-refractivity contribution >= 4 is 11.7 Å². The van der Waals surface area contributed by atoms with Gasteiger partial charge in [0.2, 0.25) is 5.91 Å². The molecule has 2 aromatic rings. The number of hydrogen-bond donors (Lipinski definition) is 1. The van der Waals surface area contributed by atoms with E-state index >= 15 is 0 Å². The number of rotatable bonds is 3. The fourth-order valence-corrected chi connectivity index (χ4v) is 2.72. The molecule has 1 aromatic heterocycles. The summed E-state index contributed by atoms with van der Waals surface area (Å²) in [5.41, 5.74) is 3.05. The Hall–Kier alpha value is -2.10. The molecule has 4 heteroatoms. The van der Waals surface area contributed by atoms with Crippen molar-refractivity contribution in [2.75, 3.05) is 5.32 Å². The minimum absolute atomic E-state index is 0.0656. The van der Waals surface area contributed by atoms with Gasteiger partial charge in [0.05, 0.1) is 11.4 Å². The second kappa shape index (κ2) is 5.84. The lowest BCUT2D eigenvalue weighted by atomic mass is 9.85. The molecule has 4 nitrogen and oxygen atoms in total. The van der Waals surface area contributed by atoms with E-state index in [2.05, 4.69) is 39.1 Å². The summed E-state index contributed by atoms with van der Waals surface area (Å²) in [6.07, 6.45) is 3.15. The van der Waals surface area contributed by atoms with Crippen LogP contribution in [0.2, 0.25) is 0 Å². The lowest BCUT2D eigenvalue weighted by Gasteiger charge is -2.24. The Bertz CT molecular complexity index is 720. The summed E-state index contributed by atoms with van der Waals surface area (Å²) >= 11 is 0. The van der Waals surface area contributed by atoms with Gasteiger partial charge in [0.1, 0.15) is 5.82 Å². The van der Waals surface area contributed by atoms with Crippen LogP contribution in [0.5, 0.6) is 0 Å². The highest BCUT2D eigenvalue weighted by Crippen LogP contribution is 2.30. The SMILES string of the molecule is Cc1ccccc1-n1nc(C(C)(C)C)cc1NC(=O)C1CCC1. The van der Waals surface area contributed by atoms with Gasteiger partial charge in [-0.15, -0.1) is 0 Å². The zero-order valence-corrected chi connectivity index (χ0v) is 14.4. The third-order valence-electron chi connectivity index (χ3n) is 4.55. The lowest BCUT2D eigenvalue weighted by molar-refractivity contribution is -0.122. The highest BCUT2D eigenvalue weighted by atomic mass is 16.2. The third-order valence-corrected chi connectivity index (χ3v) is 4.55. The number of nitrogens with zero attached hydrogens (tertiary/aromatic N) is 2. The summed E-state index contributed by atoms with van der Waals surface area (Å²) in [6.45, 7) is 8.46. The Morgan fingerprint density at radius 3 is 2.52 bits per heavy atom. The molecule has 1 aliphatic rings. The van der Waals surface area contributed by atoms with E-state index in [1.54, 1.807) is 0 Å². The number of carbonyl (C=O) groups excluding carboxylic acids is 1. The first kappa shape index (κ1) is 15.8. The summed E-state index contributed by atoms with van der Waals surface area (Å²) in [6, 6.07) is 10.1. The Morgan fingerprint density at radius 1 is 1.26 bits per heavy atom. The number of benzene rings is 1. The molecule has 1 aliphatic carbocycles. The summed E-state index contributed by atoms with van der Waals surface area (Å²) in [5, 5.41) is 7.86. The molecular weight excluding hydrogens is 286 g/mol. The lowest BCUT2D eigenvalue weighted by Crippen LogP contribution is -2.28. The number of nitrogens with one attached hydrogen (secondary N) is 1. The molecule has 0 saturated heterocycles. The van der Waals surface area contributed by atoms with E-state index in [-0.39, 0.29) is 17.2 Å². The van der Waals surface area contributed by atoms with E-state index in [4.69, 9.17) is 5.10 Å². The van der Waals surface area contributed by atoms with E-state index in [0.29, 0.717) is 0 Å². The Balaban J connectivity index is 2.00. The molecular formula is C19H25N3O. The topological polar surface area (TPSA) is 46.9 Å². The molecule has 23 heavy (non-hydrogen) atoms. The Labute approximate surface area is 137 Å². The molecule has 0 aliphatic heterocycles. The maximum atomic E-state index is 12.4. The Morgan fingerprint density at radius 2 is 1.96 bits per heavy atom. The second-order valence-corrected chi connectivity index (χ2v) is 7.48. The summed E-state index contributed by atoms with van der Waals surface area (Å²) in [5.74, 6) is 1.04. The van der Waals surface area contributed by atoms with E-state index in [1.165, 1.54) is 0 Å². The van der Waals surface area contributed by atoms with Crippen molar-refractivity contribution < 1.29 is 4.79 Å². The van der Waals surface area contributed by atoms with Crippen LogP contribution in [0.3, 0.4) is 0 Å². The molecule has 0 atom stereocenters. The summed E-state index contributed by atoms with van der Waals surface area (Å²) < 4.78 is 1.87. The fraction of sp³-hybridized carbons (Fsp3) is 0.474. The maximum absolute atomic E-state index is 12.4. The van der Waals surface area contributed by atoms with E-state index in [0.717, 1.165) is 42.0 Å². The van der Waals surface area contributed by atoms with E-state index in [1.807, 2.05) is 28.9 Å². The highest BCUT2D eigenvalue weighted by molar-refractivity contribution is 5.92. The van der Waals surface area contributed by atoms with Crippen molar-refractivity contribution in [2.45, 2.75) is 52.4 Å². The normalized spacial score (nSPS) is 15.3. The molecule has 122 valence electrons. The van der Waals surface area contributed by atoms with Gasteiger partial charge >= 0.3 is 0 Å². The molecule has 1 saturated carbocycles. The average molecular weight is 311 g/mol. The van der Waals surface area contributed by atoms with Crippen LogP contribution in [-0.2, 0) is 10.2 Å². The van der Waals surface area contributed by atoms with Crippen LogP contribution in [0.4, 0.5) is 5.82 Å². The predicted octanol–water partition coefficient (Wildman–Crippen LogP) is 4.22. The second-order valence-electron chi connectivity index (χ2n) is 7.48. The van der Waals surface area contributed by atoms with Crippen LogP contribution in [-0.4, -0.2) is 15.7 Å². The number of carbonyl (C=O) groups is 1. The third kappa shape index (κ3) is 3.16. The monoisotopic (exact) mass is 311 g/mol. The molecule has 1 heterocycles. The number of aromatic nitrogens is 2. The quantitative estimate of drug-likeness (QED) is 0.922. The van der Waals surface area contributed by atoms with Gasteiger partial charge in [-0.1, -0.05) is 45.4 Å². The van der Waals surface area contributed by atoms with Gasteiger partial charge in [-0.3, -0.25) is 4.79 Å². The van der Waals surface area contributed by atoms with Crippen molar-refractivity contribution in [2.24, 2.45) is 5.92 Å². The molecule has 1 fully saturated rings. The molecule has 1 amide bonds. The van der Waals surface area contributed by atoms with Gasteiger partial charge in [0.25, 0.3) is 0 Å². The molecule has 0 bridgehead atoms. The van der Waals surface area contributed by atoms with Crippen LogP contribution in [0, 0.1) is 12.8 Å². The van der Waals surface area contributed by atoms with Gasteiger partial charge in [0.15, 0.2) is 0 Å². The van der Waals surface area contributed by atoms with Crippen LogP contribution in [0.25, 0.3) is 5.69 Å². The van der Waals surface area contributed by atoms with Crippen molar-refractivity contribution in [3.63, 3.8) is 0 Å². The molecule has 1 N–H and O–H groups in total. The summed E-state index contributed by atoms with van der Waals surface area (Å²) in [7, 11) is 0. The van der Waals surface area contributed by atoms with Crippen LogP contribution >= 0.6 is 0 Å². The van der Waals surface area contributed by atoms with Crippen molar-refractivity contribution in [3.8, 4) is 5.69 Å². The van der Waals surface area contributed by atoms with Gasteiger partial charge in [-0.2, -0.15) is 5.10 Å². The number of hydrogen-bond acceptors (Lipinski definition) is 2. The largest absolute Gasteiger partial charge is 0.310 e. The van der Waals surface area contributed by atoms with E-state index < -0.39 is 0 Å². The molecule has 3 rings (SSSR count). The zero-order chi connectivity index (χ0) is 16.6. The van der Waals surface area contributed by atoms with Crippen molar-refractivity contribution in [1.29, 1.82) is 0 Å². The molecule has 0 radical (unpaired) electrons. The smallest absolute Gasteiger partial charge is 0.228 e. The van der Waals surface area contributed by atoms with Gasteiger partial charge < -0.3 is 5.32 Å². The van der Waals surface area contributed by atoms with Crippen LogP contribution in [0.15, 0.2) is 30.3 Å². The van der Waals surface area contributed by atoms with Crippen LogP contribution in [0.1, 0.15) is 51.3 Å². The summed E-state index contributed by atoms with van der Waals surface area (Å²) in [4.78, 5) is 12.4. The Kier molecular flexibility index (Phi) is 4.00. The first-order valence-corrected chi connectivity index (χ1v) is 8.33. The van der Waals surface area contributed by atoms with Crippen LogP contribution < -0.4 is 5.32 Å². The first-order chi connectivity index (χ1) is 10.9. The van der Waals surface area contributed by atoms with Gasteiger partial charge in [-0.25, -0.2) is 4.68 Å². The number of anilines is 1. The fourth-order valence-electron chi connectivity index (χ4n) is 2.72. The maximum Gasteiger partial charge on any atom is 0.228 e. The number of para-hydroxylation sites is 1. The number of amides is 1. The van der Waals surface area contributed by atoms with Gasteiger partial charge in [-0.05, 0) is 31.4 Å². The van der Waals surface area contributed by atoms with E-state index in [9.17, 15) is 4.79 Å². The minimum Gasteiger partial charge on any atom is -0.310 e. The standard InChI is InChI=1S/C19H25N3O/c1-13-8-5-6-11-15(13)22-17(12-16(21-22)19(2,3)4)20-18(23)14-9-7-10-14/h5-6,8,11-12,14H,7,9-10H2,1-4H3,(H,20,23). The first-order valence-electron chi connectivity index (χ1n) is 8.33. The van der Waals surface area contributed by atoms with Gasteiger partial charge in [0, 0.05) is 17.4 Å². The minimum atomic E-state index is -0.0656. The number of aryl methyl sites for hydroxylation is 1. The molecule has 1 aromatic carbocycles. The predicted molar refractivity (Wildman–Crippen MR) is 93.0 cm³/mol. The highest BCUT2D eigenvalue weighted by Gasteiger charge is 2.27. The average Bonchev–Trinajstić information content (AvgIpc) is 2.81. The molecule has 0 unspecified atom stereocenters. The van der Waals surface area contributed by atoms with Crippen molar-refractivity contribution in [1.82, 2.24) is 9.78 Å². The molecule has 0 spiro atoms. The van der Waals surface area contributed by atoms with Crippen molar-refractivity contribution in [3.05, 3.63) is 41.6 Å².